The largest absolute Gasteiger partial charge is 0.364 e. The molecule has 0 aromatic rings. The van der Waals surface area contributed by atoms with Gasteiger partial charge in [0.15, 0.2) is 5.17 Å². The van der Waals surface area contributed by atoms with Crippen molar-refractivity contribution in [1.29, 1.82) is 0 Å². The van der Waals surface area contributed by atoms with E-state index < -0.39 is 0 Å². The summed E-state index contributed by atoms with van der Waals surface area (Å²) in [5.41, 5.74) is 0.612. The molecule has 3 rings (SSSR count). The van der Waals surface area contributed by atoms with Crippen molar-refractivity contribution in [3.63, 3.8) is 0 Å². The lowest BCUT2D eigenvalue weighted by molar-refractivity contribution is 0.132. The maximum absolute atomic E-state index is 4.64. The van der Waals surface area contributed by atoms with Crippen LogP contribution in [-0.2, 0) is 0 Å². The van der Waals surface area contributed by atoms with Crippen LogP contribution in [0.1, 0.15) is 45.4 Å². The van der Waals surface area contributed by atoms with Gasteiger partial charge in [0.1, 0.15) is 0 Å². The number of aliphatic imine (C=N–C) groups is 1. The summed E-state index contributed by atoms with van der Waals surface area (Å²) in [7, 11) is 0. The smallest absolute Gasteiger partial charge is 0.156 e. The first-order valence-electron chi connectivity index (χ1n) is 6.76. The fourth-order valence-corrected chi connectivity index (χ4v) is 4.00. The topological polar surface area (TPSA) is 24.4 Å². The average molecular weight is 238 g/mol. The first-order chi connectivity index (χ1) is 7.81. The highest BCUT2D eigenvalue weighted by Crippen LogP contribution is 2.44. The molecule has 2 aliphatic carbocycles. The first-order valence-corrected chi connectivity index (χ1v) is 7.64. The average Bonchev–Trinajstić information content (AvgIpc) is 2.98. The Labute approximate surface area is 103 Å². The van der Waals surface area contributed by atoms with E-state index in [1.165, 1.54) is 43.7 Å². The van der Waals surface area contributed by atoms with Gasteiger partial charge >= 0.3 is 0 Å². The van der Waals surface area contributed by atoms with Crippen LogP contribution in [0, 0.1) is 11.3 Å². The molecule has 0 aromatic carbocycles. The molecule has 2 fully saturated rings. The van der Waals surface area contributed by atoms with E-state index in [4.69, 9.17) is 0 Å². The van der Waals surface area contributed by atoms with E-state index in [2.05, 4.69) is 17.2 Å². The lowest BCUT2D eigenvalue weighted by atomic mass is 9.67. The van der Waals surface area contributed by atoms with Gasteiger partial charge in [0.05, 0.1) is 6.54 Å². The molecule has 1 atom stereocenters. The molecule has 16 heavy (non-hydrogen) atoms. The summed E-state index contributed by atoms with van der Waals surface area (Å²) in [6, 6.07) is 0. The van der Waals surface area contributed by atoms with Crippen LogP contribution in [0.2, 0.25) is 0 Å². The Balaban J connectivity index is 1.45. The first kappa shape index (κ1) is 10.9. The zero-order valence-electron chi connectivity index (χ0n) is 10.2. The molecule has 0 bridgehead atoms. The molecule has 0 aromatic heterocycles. The molecule has 0 spiro atoms. The predicted octanol–water partition coefficient (Wildman–Crippen LogP) is 3.04. The maximum atomic E-state index is 4.64. The minimum Gasteiger partial charge on any atom is -0.364 e. The highest BCUT2D eigenvalue weighted by atomic mass is 32.2. The second kappa shape index (κ2) is 4.25. The van der Waals surface area contributed by atoms with Crippen molar-refractivity contribution in [3.8, 4) is 0 Å². The molecular weight excluding hydrogens is 216 g/mol. The van der Waals surface area contributed by atoms with Crippen molar-refractivity contribution in [3.05, 3.63) is 0 Å². The number of rotatable bonds is 4. The fraction of sp³-hybridized carbons (Fsp3) is 0.923. The molecule has 2 saturated carbocycles. The normalized spacial score (nSPS) is 32.1. The third-order valence-electron chi connectivity index (χ3n) is 4.60. The molecule has 1 heterocycles. The third kappa shape index (κ3) is 2.11. The maximum Gasteiger partial charge on any atom is 0.156 e. The number of nitrogens with zero attached hydrogens (tertiary/aromatic N) is 1. The highest BCUT2D eigenvalue weighted by Gasteiger charge is 2.37. The van der Waals surface area contributed by atoms with E-state index in [-0.39, 0.29) is 0 Å². The van der Waals surface area contributed by atoms with E-state index in [1.54, 1.807) is 0 Å². The molecule has 0 radical (unpaired) electrons. The SMILES string of the molecule is CCC1(CNC2=NCC(C3CC3)S2)CCC1. The summed E-state index contributed by atoms with van der Waals surface area (Å²) >= 11 is 2.01. The lowest BCUT2D eigenvalue weighted by Crippen LogP contribution is -2.40. The summed E-state index contributed by atoms with van der Waals surface area (Å²) in [6.45, 7) is 4.56. The Morgan fingerprint density at radius 2 is 2.25 bits per heavy atom. The van der Waals surface area contributed by atoms with Crippen molar-refractivity contribution < 1.29 is 0 Å². The molecule has 90 valence electrons. The van der Waals surface area contributed by atoms with Crippen molar-refractivity contribution in [1.82, 2.24) is 5.32 Å². The van der Waals surface area contributed by atoms with Gasteiger partial charge in [0.2, 0.25) is 0 Å². The van der Waals surface area contributed by atoms with Crippen LogP contribution in [0.3, 0.4) is 0 Å². The van der Waals surface area contributed by atoms with Crippen molar-refractivity contribution in [2.24, 2.45) is 16.3 Å². The zero-order chi connectivity index (χ0) is 11.0. The Bertz CT molecular complexity index is 287. The van der Waals surface area contributed by atoms with Crippen molar-refractivity contribution >= 4 is 16.9 Å². The van der Waals surface area contributed by atoms with Crippen LogP contribution < -0.4 is 5.32 Å². The molecule has 3 aliphatic rings. The van der Waals surface area contributed by atoms with Gasteiger partial charge in [-0.25, -0.2) is 0 Å². The molecule has 0 saturated heterocycles. The summed E-state index contributed by atoms with van der Waals surface area (Å²) in [6.07, 6.45) is 8.48. The number of amidine groups is 1. The van der Waals surface area contributed by atoms with Gasteiger partial charge in [-0.15, -0.1) is 0 Å². The number of hydrogen-bond donors (Lipinski definition) is 1. The summed E-state index contributed by atoms with van der Waals surface area (Å²) < 4.78 is 0. The molecular formula is C13H22N2S. The fourth-order valence-electron chi connectivity index (χ4n) is 2.80. The summed E-state index contributed by atoms with van der Waals surface area (Å²) in [5, 5.41) is 5.64. The van der Waals surface area contributed by atoms with Crippen LogP contribution in [-0.4, -0.2) is 23.5 Å². The second-order valence-corrected chi connectivity index (χ2v) is 6.93. The molecule has 1 unspecified atom stereocenters. The summed E-state index contributed by atoms with van der Waals surface area (Å²) in [5.74, 6) is 0.983. The Kier molecular flexibility index (Phi) is 2.90. The quantitative estimate of drug-likeness (QED) is 0.814. The molecule has 0 amide bonds. The minimum atomic E-state index is 0.612. The highest BCUT2D eigenvalue weighted by molar-refractivity contribution is 8.14. The molecule has 3 heteroatoms. The predicted molar refractivity (Wildman–Crippen MR) is 71.0 cm³/mol. The third-order valence-corrected chi connectivity index (χ3v) is 5.94. The number of hydrogen-bond acceptors (Lipinski definition) is 3. The van der Waals surface area contributed by atoms with E-state index in [0.717, 1.165) is 24.3 Å². The van der Waals surface area contributed by atoms with Gasteiger partial charge in [-0.3, -0.25) is 4.99 Å². The van der Waals surface area contributed by atoms with Gasteiger partial charge < -0.3 is 5.32 Å². The monoisotopic (exact) mass is 238 g/mol. The van der Waals surface area contributed by atoms with Gasteiger partial charge in [0.25, 0.3) is 0 Å². The second-order valence-electron chi connectivity index (χ2n) is 5.70. The standard InChI is InChI=1S/C13H22N2S/c1-2-13(6-3-7-13)9-15-12-14-8-11(16-12)10-4-5-10/h10-11H,2-9H2,1H3,(H,14,15). The Morgan fingerprint density at radius 1 is 1.44 bits per heavy atom. The van der Waals surface area contributed by atoms with E-state index in [0.29, 0.717) is 5.41 Å². The van der Waals surface area contributed by atoms with Gasteiger partial charge in [-0.1, -0.05) is 25.1 Å². The van der Waals surface area contributed by atoms with Crippen LogP contribution >= 0.6 is 11.8 Å². The zero-order valence-corrected chi connectivity index (χ0v) is 11.0. The molecule has 2 nitrogen and oxygen atoms in total. The van der Waals surface area contributed by atoms with E-state index >= 15 is 0 Å². The van der Waals surface area contributed by atoms with Gasteiger partial charge in [-0.05, 0) is 43.4 Å². The lowest BCUT2D eigenvalue weighted by Gasteiger charge is -2.41. The minimum absolute atomic E-state index is 0.612. The van der Waals surface area contributed by atoms with Crippen LogP contribution in [0.15, 0.2) is 4.99 Å². The number of nitrogens with one attached hydrogen (secondary N) is 1. The van der Waals surface area contributed by atoms with Gasteiger partial charge in [0, 0.05) is 11.8 Å². The van der Waals surface area contributed by atoms with E-state index in [9.17, 15) is 0 Å². The molecule has 1 aliphatic heterocycles. The van der Waals surface area contributed by atoms with Gasteiger partial charge in [-0.2, -0.15) is 0 Å². The Morgan fingerprint density at radius 3 is 2.81 bits per heavy atom. The van der Waals surface area contributed by atoms with Crippen LogP contribution in [0.25, 0.3) is 0 Å². The van der Waals surface area contributed by atoms with E-state index in [1.807, 2.05) is 11.8 Å². The number of thioether (sulfide) groups is 1. The van der Waals surface area contributed by atoms with Crippen LogP contribution in [0.5, 0.6) is 0 Å². The van der Waals surface area contributed by atoms with Crippen molar-refractivity contribution in [2.75, 3.05) is 13.1 Å². The summed E-state index contributed by atoms with van der Waals surface area (Å²) in [4.78, 5) is 4.64. The van der Waals surface area contributed by atoms with Crippen molar-refractivity contribution in [2.45, 2.75) is 50.7 Å². The van der Waals surface area contributed by atoms with Crippen LogP contribution in [0.4, 0.5) is 0 Å². The molecule has 1 N–H and O–H groups in total. The Hall–Kier alpha value is -0.180.